The first kappa shape index (κ1) is 15.1. The number of rotatable bonds is 9. The zero-order valence-corrected chi connectivity index (χ0v) is 12.3. The van der Waals surface area contributed by atoms with Crippen molar-refractivity contribution < 1.29 is 9.84 Å². The van der Waals surface area contributed by atoms with E-state index in [9.17, 15) is 5.11 Å². The van der Waals surface area contributed by atoms with Gasteiger partial charge in [-0.1, -0.05) is 13.0 Å². The molecule has 0 spiro atoms. The molecule has 0 bridgehead atoms. The molecule has 1 aromatic rings. The van der Waals surface area contributed by atoms with Crippen molar-refractivity contribution in [2.24, 2.45) is 5.92 Å². The summed E-state index contributed by atoms with van der Waals surface area (Å²) in [7, 11) is 0. The Balaban J connectivity index is 1.73. The summed E-state index contributed by atoms with van der Waals surface area (Å²) in [5.74, 6) is 1.57. The van der Waals surface area contributed by atoms with Gasteiger partial charge in [0, 0.05) is 24.8 Å². The Labute approximate surface area is 121 Å². The summed E-state index contributed by atoms with van der Waals surface area (Å²) in [5.41, 5.74) is 6.38. The van der Waals surface area contributed by atoms with Crippen LogP contribution in [0.25, 0.3) is 0 Å². The largest absolute Gasteiger partial charge is 0.491 e. The first-order valence-corrected chi connectivity index (χ1v) is 7.56. The maximum Gasteiger partial charge on any atom is 0.121 e. The maximum atomic E-state index is 10.1. The van der Waals surface area contributed by atoms with Crippen molar-refractivity contribution in [2.45, 2.75) is 32.3 Å². The highest BCUT2D eigenvalue weighted by Crippen LogP contribution is 2.29. The topological polar surface area (TPSA) is 58.7 Å². The average molecular weight is 278 g/mol. The Bertz CT molecular complexity index is 407. The van der Waals surface area contributed by atoms with Gasteiger partial charge in [0.25, 0.3) is 0 Å². The van der Waals surface area contributed by atoms with Gasteiger partial charge in [0.1, 0.15) is 18.5 Å². The van der Waals surface area contributed by atoms with Crippen LogP contribution < -0.4 is 10.5 Å². The van der Waals surface area contributed by atoms with Crippen molar-refractivity contribution in [3.63, 3.8) is 0 Å². The first-order chi connectivity index (χ1) is 9.67. The van der Waals surface area contributed by atoms with Crippen LogP contribution in [0.2, 0.25) is 0 Å². The zero-order chi connectivity index (χ0) is 14.4. The number of nitrogens with two attached hydrogens (primary N) is 1. The van der Waals surface area contributed by atoms with Crippen LogP contribution in [0.1, 0.15) is 26.2 Å². The summed E-state index contributed by atoms with van der Waals surface area (Å²) in [6.45, 7) is 5.34. The molecule has 1 atom stereocenters. The Hall–Kier alpha value is -1.26. The molecule has 0 aliphatic heterocycles. The molecule has 3 N–H and O–H groups in total. The molecule has 0 aromatic heterocycles. The smallest absolute Gasteiger partial charge is 0.121 e. The van der Waals surface area contributed by atoms with Crippen LogP contribution in [0.4, 0.5) is 5.69 Å². The fourth-order valence-electron chi connectivity index (χ4n) is 2.39. The molecule has 0 heterocycles. The first-order valence-electron chi connectivity index (χ1n) is 7.56. The van der Waals surface area contributed by atoms with E-state index in [0.717, 1.165) is 25.4 Å². The third-order valence-electron chi connectivity index (χ3n) is 3.52. The second kappa shape index (κ2) is 7.50. The lowest BCUT2D eigenvalue weighted by atomic mass is 10.2. The lowest BCUT2D eigenvalue weighted by Gasteiger charge is -2.24. The number of nitrogen functional groups attached to an aromatic ring is 1. The van der Waals surface area contributed by atoms with Gasteiger partial charge in [0.15, 0.2) is 0 Å². The van der Waals surface area contributed by atoms with Gasteiger partial charge in [-0.3, -0.25) is 0 Å². The summed E-state index contributed by atoms with van der Waals surface area (Å²) in [4.78, 5) is 2.35. The van der Waals surface area contributed by atoms with E-state index < -0.39 is 6.10 Å². The minimum Gasteiger partial charge on any atom is -0.491 e. The molecule has 20 heavy (non-hydrogen) atoms. The number of hydrogen-bond acceptors (Lipinski definition) is 4. The monoisotopic (exact) mass is 278 g/mol. The summed E-state index contributed by atoms with van der Waals surface area (Å²) in [5, 5.41) is 10.1. The molecule has 4 heteroatoms. The van der Waals surface area contributed by atoms with Crippen molar-refractivity contribution in [2.75, 3.05) is 32.0 Å². The Morgan fingerprint density at radius 3 is 2.90 bits per heavy atom. The van der Waals surface area contributed by atoms with Crippen LogP contribution in [0.3, 0.4) is 0 Å². The number of hydrogen-bond donors (Lipinski definition) is 2. The van der Waals surface area contributed by atoms with Crippen molar-refractivity contribution in [1.82, 2.24) is 4.90 Å². The molecule has 0 radical (unpaired) electrons. The maximum absolute atomic E-state index is 10.1. The van der Waals surface area contributed by atoms with Gasteiger partial charge in [-0.15, -0.1) is 0 Å². The van der Waals surface area contributed by atoms with Gasteiger partial charge in [0.05, 0.1) is 0 Å². The average Bonchev–Trinajstić information content (AvgIpc) is 3.21. The van der Waals surface area contributed by atoms with Gasteiger partial charge >= 0.3 is 0 Å². The predicted molar refractivity (Wildman–Crippen MR) is 81.8 cm³/mol. The number of aliphatic hydroxyl groups is 1. The highest BCUT2D eigenvalue weighted by molar-refractivity contribution is 5.43. The number of nitrogens with zero attached hydrogens (tertiary/aromatic N) is 1. The van der Waals surface area contributed by atoms with Crippen LogP contribution >= 0.6 is 0 Å². The third kappa shape index (κ3) is 5.39. The van der Waals surface area contributed by atoms with Gasteiger partial charge in [-0.25, -0.2) is 0 Å². The van der Waals surface area contributed by atoms with Crippen LogP contribution in [0.5, 0.6) is 5.75 Å². The number of ether oxygens (including phenoxy) is 1. The molecule has 1 saturated carbocycles. The fourth-order valence-corrected chi connectivity index (χ4v) is 2.39. The molecule has 0 saturated heterocycles. The van der Waals surface area contributed by atoms with Crippen LogP contribution in [-0.2, 0) is 0 Å². The molecule has 2 rings (SSSR count). The molecular formula is C16H26N2O2. The van der Waals surface area contributed by atoms with Gasteiger partial charge in [-0.2, -0.15) is 0 Å². The number of aliphatic hydroxyl groups excluding tert-OH is 1. The molecule has 1 aliphatic carbocycles. The standard InChI is InChI=1S/C16H26N2O2/c1-2-8-18(10-13-6-7-13)11-15(19)12-20-16-5-3-4-14(17)9-16/h3-5,9,13,15,19H,2,6-8,10-12,17H2,1H3. The van der Waals surface area contributed by atoms with E-state index >= 15 is 0 Å². The third-order valence-corrected chi connectivity index (χ3v) is 3.52. The van der Waals surface area contributed by atoms with Crippen molar-refractivity contribution >= 4 is 5.69 Å². The van der Waals surface area contributed by atoms with E-state index in [1.165, 1.54) is 12.8 Å². The Morgan fingerprint density at radius 2 is 2.25 bits per heavy atom. The molecule has 4 nitrogen and oxygen atoms in total. The van der Waals surface area contributed by atoms with Gasteiger partial charge < -0.3 is 20.5 Å². The van der Waals surface area contributed by atoms with Gasteiger partial charge in [-0.05, 0) is 43.9 Å². The molecule has 1 unspecified atom stereocenters. The minimum atomic E-state index is -0.457. The summed E-state index contributed by atoms with van der Waals surface area (Å²) in [6.07, 6.45) is 3.35. The SMILES string of the molecule is CCCN(CC(O)COc1cccc(N)c1)CC1CC1. The molecule has 1 aliphatic rings. The van der Waals surface area contributed by atoms with Crippen molar-refractivity contribution in [1.29, 1.82) is 0 Å². The van der Waals surface area contributed by atoms with E-state index in [4.69, 9.17) is 10.5 Å². The molecule has 112 valence electrons. The zero-order valence-electron chi connectivity index (χ0n) is 12.3. The summed E-state index contributed by atoms with van der Waals surface area (Å²) in [6, 6.07) is 7.31. The Kier molecular flexibility index (Phi) is 5.68. The highest BCUT2D eigenvalue weighted by Gasteiger charge is 2.25. The van der Waals surface area contributed by atoms with Gasteiger partial charge in [0.2, 0.25) is 0 Å². The predicted octanol–water partition coefficient (Wildman–Crippen LogP) is 2.13. The number of anilines is 1. The lowest BCUT2D eigenvalue weighted by molar-refractivity contribution is 0.0666. The minimum absolute atomic E-state index is 0.314. The van der Waals surface area contributed by atoms with Crippen LogP contribution in [0, 0.1) is 5.92 Å². The quantitative estimate of drug-likeness (QED) is 0.679. The van der Waals surface area contributed by atoms with E-state index in [0.29, 0.717) is 24.6 Å². The summed E-state index contributed by atoms with van der Waals surface area (Å²) >= 11 is 0. The van der Waals surface area contributed by atoms with Crippen molar-refractivity contribution in [3.05, 3.63) is 24.3 Å². The number of benzene rings is 1. The summed E-state index contributed by atoms with van der Waals surface area (Å²) < 4.78 is 5.59. The highest BCUT2D eigenvalue weighted by atomic mass is 16.5. The second-order valence-corrected chi connectivity index (χ2v) is 5.74. The van der Waals surface area contributed by atoms with Crippen molar-refractivity contribution in [3.8, 4) is 5.75 Å². The second-order valence-electron chi connectivity index (χ2n) is 5.74. The Morgan fingerprint density at radius 1 is 1.45 bits per heavy atom. The molecule has 1 aromatic carbocycles. The van der Waals surface area contributed by atoms with E-state index in [1.54, 1.807) is 6.07 Å². The normalized spacial score (nSPS) is 16.4. The molecule has 0 amide bonds. The van der Waals surface area contributed by atoms with E-state index in [2.05, 4.69) is 11.8 Å². The lowest BCUT2D eigenvalue weighted by Crippen LogP contribution is -2.37. The van der Waals surface area contributed by atoms with E-state index in [-0.39, 0.29) is 0 Å². The fraction of sp³-hybridized carbons (Fsp3) is 0.625. The molecular weight excluding hydrogens is 252 g/mol. The van der Waals surface area contributed by atoms with E-state index in [1.807, 2.05) is 18.2 Å². The van der Waals surface area contributed by atoms with Crippen LogP contribution in [-0.4, -0.2) is 42.4 Å². The van der Waals surface area contributed by atoms with Crippen LogP contribution in [0.15, 0.2) is 24.3 Å². The molecule has 1 fully saturated rings.